The van der Waals surface area contributed by atoms with Crippen LogP contribution >= 0.6 is 0 Å². The summed E-state index contributed by atoms with van der Waals surface area (Å²) < 4.78 is 25.5. The van der Waals surface area contributed by atoms with Crippen molar-refractivity contribution in [3.05, 3.63) is 35.9 Å². The van der Waals surface area contributed by atoms with Gasteiger partial charge in [0.1, 0.15) is 0 Å². The number of hydrogen-bond donors (Lipinski definition) is 1. The molecule has 0 atom stereocenters. The molecule has 0 aliphatic carbocycles. The van der Waals surface area contributed by atoms with Gasteiger partial charge in [-0.05, 0) is 25.5 Å². The van der Waals surface area contributed by atoms with Gasteiger partial charge in [-0.3, -0.25) is 0 Å². The highest BCUT2D eigenvalue weighted by Gasteiger charge is 2.08. The van der Waals surface area contributed by atoms with Crippen molar-refractivity contribution in [2.45, 2.75) is 19.9 Å². The fourth-order valence-corrected chi connectivity index (χ4v) is 2.06. The van der Waals surface area contributed by atoms with Gasteiger partial charge in [0.2, 0.25) is 5.95 Å². The number of imidazole rings is 1. The van der Waals surface area contributed by atoms with Crippen molar-refractivity contribution >= 4 is 11.6 Å². The Bertz CT molecular complexity index is 599. The monoisotopic (exact) mass is 293 g/mol. The van der Waals surface area contributed by atoms with Gasteiger partial charge in [0.15, 0.2) is 11.6 Å². The predicted molar refractivity (Wildman–Crippen MR) is 79.7 cm³/mol. The standard InChI is InChI=1S/C15H20FN3O2/c1-11-10-19(7-4-8-20-2)15(17-11)18-12-5-6-13(16)14(9-12)21-3/h5-6,9-10H,4,7-8H2,1-3H3,(H,17,18). The Hall–Kier alpha value is -2.08. The number of ether oxygens (including phenoxy) is 2. The molecule has 2 rings (SSSR count). The molecule has 1 aromatic heterocycles. The Kier molecular flexibility index (Phi) is 5.16. The first-order valence-electron chi connectivity index (χ1n) is 6.77. The second kappa shape index (κ2) is 7.08. The molecule has 0 fully saturated rings. The molecule has 0 aliphatic heterocycles. The smallest absolute Gasteiger partial charge is 0.207 e. The summed E-state index contributed by atoms with van der Waals surface area (Å²) >= 11 is 0. The van der Waals surface area contributed by atoms with E-state index in [9.17, 15) is 4.39 Å². The predicted octanol–water partition coefficient (Wildman–Crippen LogP) is 3.12. The van der Waals surface area contributed by atoms with Gasteiger partial charge in [-0.2, -0.15) is 0 Å². The van der Waals surface area contributed by atoms with E-state index in [-0.39, 0.29) is 11.6 Å². The van der Waals surface area contributed by atoms with E-state index in [0.29, 0.717) is 6.61 Å². The van der Waals surface area contributed by atoms with Crippen LogP contribution in [0.5, 0.6) is 5.75 Å². The summed E-state index contributed by atoms with van der Waals surface area (Å²) in [4.78, 5) is 4.44. The molecule has 2 aromatic rings. The number of methoxy groups -OCH3 is 2. The molecule has 0 unspecified atom stereocenters. The number of rotatable bonds is 7. The summed E-state index contributed by atoms with van der Waals surface area (Å²) in [5, 5.41) is 3.19. The van der Waals surface area contributed by atoms with E-state index in [0.717, 1.165) is 30.3 Å². The first kappa shape index (κ1) is 15.3. The van der Waals surface area contributed by atoms with Gasteiger partial charge >= 0.3 is 0 Å². The van der Waals surface area contributed by atoms with Crippen LogP contribution in [-0.4, -0.2) is 30.4 Å². The highest BCUT2D eigenvalue weighted by atomic mass is 19.1. The molecule has 0 radical (unpaired) electrons. The van der Waals surface area contributed by atoms with Crippen LogP contribution in [0.4, 0.5) is 16.0 Å². The van der Waals surface area contributed by atoms with E-state index in [1.54, 1.807) is 19.2 Å². The minimum atomic E-state index is -0.386. The summed E-state index contributed by atoms with van der Waals surface area (Å²) in [7, 11) is 3.13. The van der Waals surface area contributed by atoms with Crippen LogP contribution in [0, 0.1) is 12.7 Å². The SMILES string of the molecule is COCCCn1cc(C)nc1Nc1ccc(F)c(OC)c1. The van der Waals surface area contributed by atoms with Crippen LogP contribution in [0.15, 0.2) is 24.4 Å². The minimum absolute atomic E-state index is 0.203. The quantitative estimate of drug-likeness (QED) is 0.797. The summed E-state index contributed by atoms with van der Waals surface area (Å²) in [6, 6.07) is 4.63. The Labute approximate surface area is 123 Å². The molecule has 0 aliphatic rings. The van der Waals surface area contributed by atoms with E-state index in [2.05, 4.69) is 10.3 Å². The maximum Gasteiger partial charge on any atom is 0.207 e. The Balaban J connectivity index is 2.15. The maximum absolute atomic E-state index is 13.4. The van der Waals surface area contributed by atoms with Crippen molar-refractivity contribution in [2.75, 3.05) is 26.1 Å². The van der Waals surface area contributed by atoms with E-state index in [1.807, 2.05) is 17.7 Å². The molecule has 5 nitrogen and oxygen atoms in total. The largest absolute Gasteiger partial charge is 0.494 e. The summed E-state index contributed by atoms with van der Waals surface area (Å²) in [5.41, 5.74) is 1.65. The van der Waals surface area contributed by atoms with Gasteiger partial charge in [-0.1, -0.05) is 0 Å². The van der Waals surface area contributed by atoms with Gasteiger partial charge in [-0.25, -0.2) is 9.37 Å². The second-order valence-corrected chi connectivity index (χ2v) is 4.72. The fourth-order valence-electron chi connectivity index (χ4n) is 2.06. The summed E-state index contributed by atoms with van der Waals surface area (Å²) in [6.07, 6.45) is 2.87. The zero-order valence-electron chi connectivity index (χ0n) is 12.5. The number of anilines is 2. The van der Waals surface area contributed by atoms with Gasteiger partial charge in [0.25, 0.3) is 0 Å². The number of hydrogen-bond acceptors (Lipinski definition) is 4. The van der Waals surface area contributed by atoms with Crippen molar-refractivity contribution in [3.63, 3.8) is 0 Å². The highest BCUT2D eigenvalue weighted by Crippen LogP contribution is 2.24. The molecular weight excluding hydrogens is 273 g/mol. The number of halogens is 1. The van der Waals surface area contributed by atoms with Crippen molar-refractivity contribution in [1.29, 1.82) is 0 Å². The van der Waals surface area contributed by atoms with Gasteiger partial charge in [-0.15, -0.1) is 0 Å². The summed E-state index contributed by atoms with van der Waals surface area (Å²) in [5.74, 6) is 0.536. The van der Waals surface area contributed by atoms with E-state index in [4.69, 9.17) is 9.47 Å². The van der Waals surface area contributed by atoms with Crippen LogP contribution in [0.3, 0.4) is 0 Å². The average molecular weight is 293 g/mol. The zero-order valence-corrected chi connectivity index (χ0v) is 12.5. The minimum Gasteiger partial charge on any atom is -0.494 e. The van der Waals surface area contributed by atoms with Crippen molar-refractivity contribution in [2.24, 2.45) is 0 Å². The van der Waals surface area contributed by atoms with E-state index >= 15 is 0 Å². The normalized spacial score (nSPS) is 10.7. The van der Waals surface area contributed by atoms with E-state index < -0.39 is 0 Å². The number of aromatic nitrogens is 2. The molecule has 1 heterocycles. The topological polar surface area (TPSA) is 48.3 Å². The van der Waals surface area contributed by atoms with Gasteiger partial charge in [0.05, 0.1) is 12.8 Å². The maximum atomic E-state index is 13.4. The first-order chi connectivity index (χ1) is 10.1. The van der Waals surface area contributed by atoms with Crippen LogP contribution in [0.2, 0.25) is 0 Å². The molecule has 0 spiro atoms. The molecule has 1 N–H and O–H groups in total. The lowest BCUT2D eigenvalue weighted by molar-refractivity contribution is 0.190. The molecule has 1 aromatic carbocycles. The molecule has 21 heavy (non-hydrogen) atoms. The molecule has 6 heteroatoms. The molecule has 0 bridgehead atoms. The van der Waals surface area contributed by atoms with Crippen LogP contribution in [0.1, 0.15) is 12.1 Å². The van der Waals surface area contributed by atoms with E-state index in [1.165, 1.54) is 13.2 Å². The second-order valence-electron chi connectivity index (χ2n) is 4.72. The highest BCUT2D eigenvalue weighted by molar-refractivity contribution is 5.56. The third kappa shape index (κ3) is 3.95. The van der Waals surface area contributed by atoms with Crippen LogP contribution in [0.25, 0.3) is 0 Å². The molecule has 114 valence electrons. The number of nitrogens with one attached hydrogen (secondary N) is 1. The lowest BCUT2D eigenvalue weighted by Gasteiger charge is -2.11. The van der Waals surface area contributed by atoms with Crippen molar-refractivity contribution < 1.29 is 13.9 Å². The fraction of sp³-hybridized carbons (Fsp3) is 0.400. The number of benzene rings is 1. The van der Waals surface area contributed by atoms with Crippen LogP contribution < -0.4 is 10.1 Å². The molecule has 0 amide bonds. The Morgan fingerprint density at radius 1 is 1.33 bits per heavy atom. The lowest BCUT2D eigenvalue weighted by atomic mass is 10.3. The van der Waals surface area contributed by atoms with Crippen molar-refractivity contribution in [3.8, 4) is 5.75 Å². The first-order valence-corrected chi connectivity index (χ1v) is 6.77. The third-order valence-electron chi connectivity index (χ3n) is 3.05. The Morgan fingerprint density at radius 2 is 2.14 bits per heavy atom. The Morgan fingerprint density at radius 3 is 2.86 bits per heavy atom. The van der Waals surface area contributed by atoms with Gasteiger partial charge < -0.3 is 19.4 Å². The van der Waals surface area contributed by atoms with Gasteiger partial charge in [0, 0.05) is 38.2 Å². The number of nitrogens with zero attached hydrogens (tertiary/aromatic N) is 2. The summed E-state index contributed by atoms with van der Waals surface area (Å²) in [6.45, 7) is 3.43. The zero-order chi connectivity index (χ0) is 15.2. The van der Waals surface area contributed by atoms with Crippen molar-refractivity contribution in [1.82, 2.24) is 9.55 Å². The molecule has 0 saturated carbocycles. The molecule has 0 saturated heterocycles. The van der Waals surface area contributed by atoms with Crippen LogP contribution in [-0.2, 0) is 11.3 Å². The molecular formula is C15H20FN3O2. The number of aryl methyl sites for hydroxylation is 2. The lowest BCUT2D eigenvalue weighted by Crippen LogP contribution is -2.05. The average Bonchev–Trinajstić information content (AvgIpc) is 2.81. The third-order valence-corrected chi connectivity index (χ3v) is 3.05.